The van der Waals surface area contributed by atoms with Crippen LogP contribution in [0.25, 0.3) is 0 Å². The van der Waals surface area contributed by atoms with Crippen molar-refractivity contribution in [1.82, 2.24) is 49.4 Å². The van der Waals surface area contributed by atoms with Gasteiger partial charge in [-0.1, -0.05) is 48.3 Å². The quantitative estimate of drug-likeness (QED) is 0.0312. The van der Waals surface area contributed by atoms with Crippen molar-refractivity contribution in [1.29, 1.82) is 0 Å². The van der Waals surface area contributed by atoms with E-state index in [9.17, 15) is 92.0 Å². The van der Waals surface area contributed by atoms with Gasteiger partial charge in [-0.25, -0.2) is 0 Å². The standard InChI is InChI=1S/C24H34N4O11.C17H29N3O9.C16H28N4O9.3CH4/c1-2-19(29)25-17-5-3-16(4-6-17)9-18(28(14-23(36)37)15-24(38)39)10-26(11-20(30)31)7-8-27(12-21(32)33)13-22(34)35;1-2-3-13(21)8-18(4-6-19(9-14(22)23)10-15(24)25)5-7-20(11-16(26)27)12-17(28)29;1-2-17-12(21)7-19(9-14(24)25)5-3-18(8-13(22)23)4-6-20(10-15(26)27)11-16(28)29;;;/h3-6,18H,2,7-15H2,1H3,(H,25,29)(H,30,31)(H,32,33)(H,34,35)(H,36,37)(H,38,39);2-12H2,1H3,(H,22,23)(H,24,25)(H,26,27)(H,28,29);2-11H2,1H3,(H,17,21)(H,22,23)(H,24,25)(H,26,27)(H,28,29);3*1H4. The maximum absolute atomic E-state index is 12.0. The van der Waals surface area contributed by atoms with Crippen LogP contribution in [0.4, 0.5) is 5.69 Å². The number of hydrogen-bond donors (Lipinski definition) is 15. The van der Waals surface area contributed by atoms with Gasteiger partial charge in [-0.15, -0.1) is 0 Å². The molecule has 100 heavy (non-hydrogen) atoms. The number of Topliss-reactive ketones (excluding diaryl/α,β-unsaturated/α-hetero) is 1. The Kier molecular flexibility index (Phi) is 56.0. The lowest BCUT2D eigenvalue weighted by Gasteiger charge is -2.34. The normalized spacial score (nSPS) is 11.1. The summed E-state index contributed by atoms with van der Waals surface area (Å²) >= 11 is 0. The highest BCUT2D eigenvalue weighted by Gasteiger charge is 2.28. The van der Waals surface area contributed by atoms with E-state index in [2.05, 4.69) is 10.6 Å². The zero-order valence-electron chi connectivity index (χ0n) is 54.2. The van der Waals surface area contributed by atoms with E-state index in [1.807, 2.05) is 6.92 Å². The molecular formula is C60H103N11O29. The van der Waals surface area contributed by atoms with Crippen LogP contribution in [0.2, 0.25) is 0 Å². The van der Waals surface area contributed by atoms with E-state index in [1.165, 1.54) is 29.4 Å². The molecule has 1 aromatic carbocycles. The zero-order valence-corrected chi connectivity index (χ0v) is 54.2. The number of benzene rings is 1. The van der Waals surface area contributed by atoms with Crippen LogP contribution in [-0.2, 0) is 83.1 Å². The van der Waals surface area contributed by atoms with Crippen LogP contribution in [0, 0.1) is 0 Å². The third-order valence-corrected chi connectivity index (χ3v) is 13.0. The topological polar surface area (TPSA) is 589 Å². The van der Waals surface area contributed by atoms with Crippen molar-refractivity contribution < 1.29 is 143 Å². The first-order valence-electron chi connectivity index (χ1n) is 29.9. The Bertz CT molecular complexity index is 2620. The molecule has 572 valence electrons. The molecule has 1 atom stereocenters. The number of carboxylic acids is 13. The molecule has 40 heteroatoms. The molecule has 0 saturated heterocycles. The van der Waals surface area contributed by atoms with Gasteiger partial charge in [-0.3, -0.25) is 121 Å². The second kappa shape index (κ2) is 56.5. The molecule has 0 fully saturated rings. The molecule has 15 N–H and O–H groups in total. The van der Waals surface area contributed by atoms with E-state index in [1.54, 1.807) is 43.0 Å². The lowest BCUT2D eigenvalue weighted by molar-refractivity contribution is -0.145. The maximum Gasteiger partial charge on any atom is 0.317 e. The molecule has 0 aliphatic carbocycles. The molecule has 0 heterocycles. The molecule has 1 aromatic rings. The molecule has 0 bridgehead atoms. The van der Waals surface area contributed by atoms with E-state index in [0.29, 0.717) is 30.6 Å². The summed E-state index contributed by atoms with van der Waals surface area (Å²) in [5.41, 5.74) is 1.18. The number of carbonyl (C=O) groups is 16. The Labute approximate surface area is 578 Å². The highest BCUT2D eigenvalue weighted by atomic mass is 16.4. The molecule has 0 saturated carbocycles. The number of aliphatic carboxylic acids is 13. The van der Waals surface area contributed by atoms with Crippen LogP contribution in [-0.4, -0.2) is 388 Å². The number of hydrogen-bond acceptors (Lipinski definition) is 25. The Morgan fingerprint density at radius 1 is 0.330 bits per heavy atom. The number of carboxylic acid groups (broad SMARTS) is 13. The first-order valence-corrected chi connectivity index (χ1v) is 29.9. The van der Waals surface area contributed by atoms with Gasteiger partial charge in [-0.05, 0) is 37.5 Å². The van der Waals surface area contributed by atoms with Gasteiger partial charge in [0.15, 0.2) is 0 Å². The van der Waals surface area contributed by atoms with Gasteiger partial charge in [0.2, 0.25) is 11.8 Å². The third kappa shape index (κ3) is 56.6. The average Bonchev–Trinajstić information content (AvgIpc) is 0.855. The molecule has 0 radical (unpaired) electrons. The summed E-state index contributed by atoms with van der Waals surface area (Å²) in [6.07, 6.45) is 1.37. The van der Waals surface area contributed by atoms with E-state index >= 15 is 0 Å². The van der Waals surface area contributed by atoms with Gasteiger partial charge < -0.3 is 77.0 Å². The van der Waals surface area contributed by atoms with Crippen LogP contribution < -0.4 is 10.6 Å². The number of nitrogens with one attached hydrogen (secondary N) is 2. The number of likely N-dealkylation sites (N-methyl/N-ethyl adjacent to an activating group) is 1. The summed E-state index contributed by atoms with van der Waals surface area (Å²) in [4.78, 5) is 191. The van der Waals surface area contributed by atoms with Crippen molar-refractivity contribution >= 4 is 101 Å². The van der Waals surface area contributed by atoms with E-state index < -0.39 is 169 Å². The number of anilines is 1. The summed E-state index contributed by atoms with van der Waals surface area (Å²) in [7, 11) is 0. The van der Waals surface area contributed by atoms with Crippen LogP contribution in [0.5, 0.6) is 0 Å². The largest absolute Gasteiger partial charge is 0.480 e. The van der Waals surface area contributed by atoms with Gasteiger partial charge in [-0.2, -0.15) is 0 Å². The fraction of sp³-hybridized carbons (Fsp3) is 0.633. The minimum atomic E-state index is -1.29. The minimum absolute atomic E-state index is 0. The monoisotopic (exact) mass is 1440 g/mol. The van der Waals surface area contributed by atoms with Crippen LogP contribution in [0.1, 0.15) is 67.9 Å². The molecule has 40 nitrogen and oxygen atoms in total. The average molecular weight is 1440 g/mol. The molecule has 0 aliphatic heterocycles. The Balaban J connectivity index is -0.000000452. The molecule has 0 spiro atoms. The number of nitrogens with zero attached hydrogens (tertiary/aromatic N) is 9. The van der Waals surface area contributed by atoms with E-state index in [-0.39, 0.29) is 138 Å². The Morgan fingerprint density at radius 2 is 0.590 bits per heavy atom. The highest BCUT2D eigenvalue weighted by molar-refractivity contribution is 5.90. The smallest absolute Gasteiger partial charge is 0.317 e. The van der Waals surface area contributed by atoms with E-state index in [4.69, 9.17) is 51.1 Å². The van der Waals surface area contributed by atoms with Crippen LogP contribution in [0.15, 0.2) is 24.3 Å². The molecule has 1 rings (SSSR count). The zero-order chi connectivity index (χ0) is 74.3. The van der Waals surface area contributed by atoms with Gasteiger partial charge in [0, 0.05) is 103 Å². The minimum Gasteiger partial charge on any atom is -0.480 e. The van der Waals surface area contributed by atoms with E-state index in [0.717, 1.165) is 9.80 Å². The molecule has 1 unspecified atom stereocenters. The second-order valence-electron chi connectivity index (χ2n) is 21.6. The van der Waals surface area contributed by atoms with Gasteiger partial charge >= 0.3 is 77.6 Å². The van der Waals surface area contributed by atoms with Crippen molar-refractivity contribution in [2.75, 3.05) is 182 Å². The Hall–Kier alpha value is -9.42. The van der Waals surface area contributed by atoms with Crippen molar-refractivity contribution in [3.05, 3.63) is 29.8 Å². The number of ketones is 1. The summed E-state index contributed by atoms with van der Waals surface area (Å²) < 4.78 is 0. The summed E-state index contributed by atoms with van der Waals surface area (Å²) in [5.74, 6) is -16.5. The van der Waals surface area contributed by atoms with Crippen molar-refractivity contribution in [3.8, 4) is 0 Å². The fourth-order valence-electron chi connectivity index (χ4n) is 8.94. The molecule has 0 aliphatic rings. The van der Waals surface area contributed by atoms with Crippen molar-refractivity contribution in [2.24, 2.45) is 0 Å². The van der Waals surface area contributed by atoms with Gasteiger partial charge in [0.25, 0.3) is 0 Å². The molecule has 0 aromatic heterocycles. The SMILES string of the molecule is C.C.C.CCC(=O)Nc1ccc(CC(CN(CCN(CC(=O)O)CC(=O)O)CC(=O)O)N(CC(=O)O)CC(=O)O)cc1.CCCC(=O)CN(CCN(CC(=O)O)CC(=O)O)CCN(CC(=O)O)CC(=O)O.CCNC(=O)CN(CCN(CCN(CC(=O)O)CC(=O)O)CC(=O)O)CC(=O)O. The van der Waals surface area contributed by atoms with Crippen LogP contribution >= 0.6 is 0 Å². The van der Waals surface area contributed by atoms with Crippen LogP contribution in [0.3, 0.4) is 0 Å². The fourth-order valence-corrected chi connectivity index (χ4v) is 8.94. The summed E-state index contributed by atoms with van der Waals surface area (Å²) in [5, 5.41) is 123. The molecule has 2 amide bonds. The predicted octanol–water partition coefficient (Wildman–Crippen LogP) is -2.85. The lowest BCUT2D eigenvalue weighted by Crippen LogP contribution is -2.51. The first kappa shape index (κ1) is 99.2. The third-order valence-electron chi connectivity index (χ3n) is 13.0. The predicted molar refractivity (Wildman–Crippen MR) is 354 cm³/mol. The Morgan fingerprint density at radius 3 is 0.870 bits per heavy atom. The number of amides is 2. The summed E-state index contributed by atoms with van der Waals surface area (Å²) in [6.45, 7) is -0.964. The molecular weight excluding hydrogens is 1340 g/mol. The van der Waals surface area contributed by atoms with Gasteiger partial charge in [0.1, 0.15) is 5.78 Å². The number of rotatable bonds is 55. The van der Waals surface area contributed by atoms with Crippen molar-refractivity contribution in [3.63, 3.8) is 0 Å². The lowest BCUT2D eigenvalue weighted by atomic mass is 10.0. The highest BCUT2D eigenvalue weighted by Crippen LogP contribution is 2.16. The summed E-state index contributed by atoms with van der Waals surface area (Å²) in [6, 6.07) is 5.79. The maximum atomic E-state index is 12.0. The van der Waals surface area contributed by atoms with Gasteiger partial charge in [0.05, 0.1) is 98.2 Å². The van der Waals surface area contributed by atoms with Crippen molar-refractivity contribution in [2.45, 2.75) is 74.8 Å². The number of carbonyl (C=O) groups excluding carboxylic acids is 3. The second-order valence-corrected chi connectivity index (χ2v) is 21.6. The first-order chi connectivity index (χ1) is 45.3.